The van der Waals surface area contributed by atoms with Crippen molar-refractivity contribution in [1.82, 2.24) is 0 Å². The second kappa shape index (κ2) is 39.7. The summed E-state index contributed by atoms with van der Waals surface area (Å²) in [6.07, 6.45) is 0. The van der Waals surface area contributed by atoms with Crippen LogP contribution in [-0.4, -0.2) is 19.6 Å². The van der Waals surface area contributed by atoms with E-state index in [9.17, 15) is 0 Å². The van der Waals surface area contributed by atoms with Crippen LogP contribution in [0.15, 0.2) is 0 Å². The number of rotatable bonds is 3. The average molecular weight is 236 g/mol. The Labute approximate surface area is 90.7 Å². The molecule has 0 fully saturated rings. The van der Waals surface area contributed by atoms with Gasteiger partial charge in [-0.1, -0.05) is 0 Å². The summed E-state index contributed by atoms with van der Waals surface area (Å²) in [6, 6.07) is 0. The largest absolute Gasteiger partial charge is 3.00 e. The van der Waals surface area contributed by atoms with E-state index in [-0.39, 0.29) is 16.5 Å². The van der Waals surface area contributed by atoms with E-state index in [0.29, 0.717) is 19.6 Å². The van der Waals surface area contributed by atoms with Gasteiger partial charge in [-0.05, 0) is 0 Å². The van der Waals surface area contributed by atoms with Gasteiger partial charge in [0.1, 0.15) is 0 Å². The number of hydrogen-bond acceptors (Lipinski definition) is 6. The van der Waals surface area contributed by atoms with Gasteiger partial charge in [0.2, 0.25) is 0 Å². The zero-order valence-electron chi connectivity index (χ0n) is 7.63. The van der Waals surface area contributed by atoms with Gasteiger partial charge in [-0.2, -0.15) is 0 Å². The topological polar surface area (TPSA) is 156 Å². The molecule has 0 saturated heterocycles. The van der Waals surface area contributed by atoms with Gasteiger partial charge in [0.05, 0.1) is 0 Å². The summed E-state index contributed by atoms with van der Waals surface area (Å²) in [5.74, 6) is 0. The third-order valence-corrected chi connectivity index (χ3v) is 0.408. The fourth-order valence-corrected chi connectivity index (χ4v) is 0. The van der Waals surface area contributed by atoms with Crippen molar-refractivity contribution in [1.29, 1.82) is 0 Å². The fourth-order valence-electron chi connectivity index (χ4n) is 0. The molecule has 0 aliphatic carbocycles. The third kappa shape index (κ3) is 122. The number of hydrogen-bond donors (Lipinski definition) is 6. The van der Waals surface area contributed by atoms with Crippen LogP contribution in [0.5, 0.6) is 0 Å². The molecule has 0 aliphatic rings. The molecule has 85 valence electrons. The molecule has 0 unspecified atom stereocenters. The SMILES string of the molecule is N[CH-]CN.N[CH-]CN.N[CH-]CN.[Ni+3]. The second-order valence-corrected chi connectivity index (χ2v) is 1.41. The average Bonchev–Trinajstić information content (AvgIpc) is 2.18. The molecule has 12 N–H and O–H groups in total. The minimum absolute atomic E-state index is 0. The quantitative estimate of drug-likeness (QED) is 0.229. The van der Waals surface area contributed by atoms with Gasteiger partial charge in [0.15, 0.2) is 0 Å². The summed E-state index contributed by atoms with van der Waals surface area (Å²) in [6.45, 7) is 5.62. The molecule has 0 rings (SSSR count). The van der Waals surface area contributed by atoms with E-state index in [0.717, 1.165) is 0 Å². The normalized spacial score (nSPS) is 6.92. The Bertz CT molecular complexity index is 32.6. The van der Waals surface area contributed by atoms with Crippen molar-refractivity contribution in [3.63, 3.8) is 0 Å². The molecule has 6 nitrogen and oxygen atoms in total. The summed E-state index contributed by atoms with van der Waals surface area (Å²) in [5.41, 5.74) is 28.9. The third-order valence-electron chi connectivity index (χ3n) is 0.408. The van der Waals surface area contributed by atoms with Crippen molar-refractivity contribution >= 4 is 0 Å². The Hall–Kier alpha value is 0.254. The molecule has 13 heavy (non-hydrogen) atoms. The van der Waals surface area contributed by atoms with Gasteiger partial charge in [0.25, 0.3) is 0 Å². The van der Waals surface area contributed by atoms with Gasteiger partial charge >= 0.3 is 16.5 Å². The second-order valence-electron chi connectivity index (χ2n) is 1.41. The Morgan fingerprint density at radius 3 is 0.692 bits per heavy atom. The summed E-state index contributed by atoms with van der Waals surface area (Å²) in [4.78, 5) is 0. The van der Waals surface area contributed by atoms with Crippen LogP contribution < -0.4 is 34.4 Å². The van der Waals surface area contributed by atoms with Gasteiger partial charge in [-0.3, -0.25) is 19.6 Å². The Morgan fingerprint density at radius 2 is 0.692 bits per heavy atom. The maximum Gasteiger partial charge on any atom is 3.00 e. The van der Waals surface area contributed by atoms with Crippen LogP contribution >= 0.6 is 0 Å². The molecule has 0 bridgehead atoms. The van der Waals surface area contributed by atoms with Crippen LogP contribution in [0.1, 0.15) is 0 Å². The molecular formula is C6H21N6Ni. The predicted molar refractivity (Wildman–Crippen MR) is 52.6 cm³/mol. The molecule has 0 saturated carbocycles. The minimum atomic E-state index is 0. The monoisotopic (exact) mass is 235 g/mol. The van der Waals surface area contributed by atoms with E-state index < -0.39 is 0 Å². The van der Waals surface area contributed by atoms with E-state index in [1.165, 1.54) is 19.6 Å². The number of nitrogens with two attached hydrogens (primary N) is 6. The van der Waals surface area contributed by atoms with Gasteiger partial charge in [0, 0.05) is 0 Å². The van der Waals surface area contributed by atoms with Crippen molar-refractivity contribution < 1.29 is 16.5 Å². The van der Waals surface area contributed by atoms with Crippen molar-refractivity contribution in [2.24, 2.45) is 34.4 Å². The maximum atomic E-state index is 4.85. The van der Waals surface area contributed by atoms with E-state index in [1.54, 1.807) is 0 Å². The summed E-state index contributed by atoms with van der Waals surface area (Å²) in [7, 11) is 0. The van der Waals surface area contributed by atoms with Crippen LogP contribution in [-0.2, 0) is 16.5 Å². The van der Waals surface area contributed by atoms with E-state index in [4.69, 9.17) is 34.4 Å². The van der Waals surface area contributed by atoms with Crippen LogP contribution in [0.25, 0.3) is 0 Å². The Kier molecular flexibility index (Phi) is 70.9. The molecule has 0 amide bonds. The van der Waals surface area contributed by atoms with Crippen molar-refractivity contribution in [3.05, 3.63) is 19.6 Å². The first-order chi connectivity index (χ1) is 5.74. The molecule has 0 aromatic carbocycles. The van der Waals surface area contributed by atoms with Crippen LogP contribution in [0.2, 0.25) is 0 Å². The summed E-state index contributed by atoms with van der Waals surface area (Å²) < 4.78 is 0. The molecule has 7 heteroatoms. The van der Waals surface area contributed by atoms with Gasteiger partial charge in [-0.25, -0.2) is 0 Å². The summed E-state index contributed by atoms with van der Waals surface area (Å²) >= 11 is 0. The first kappa shape index (κ1) is 23.2. The zero-order chi connectivity index (χ0) is 10.2. The maximum absolute atomic E-state index is 4.85. The van der Waals surface area contributed by atoms with Gasteiger partial charge < -0.3 is 34.4 Å². The van der Waals surface area contributed by atoms with Crippen molar-refractivity contribution in [3.8, 4) is 0 Å². The van der Waals surface area contributed by atoms with E-state index in [2.05, 4.69) is 0 Å². The van der Waals surface area contributed by atoms with Gasteiger partial charge in [-0.15, -0.1) is 19.6 Å². The van der Waals surface area contributed by atoms with Crippen molar-refractivity contribution in [2.75, 3.05) is 19.6 Å². The smallest absolute Gasteiger partial charge is 0.482 e. The van der Waals surface area contributed by atoms with Crippen LogP contribution in [0, 0.1) is 19.6 Å². The Morgan fingerprint density at radius 1 is 0.615 bits per heavy atom. The molecule has 0 aliphatic heterocycles. The molecule has 0 aromatic heterocycles. The van der Waals surface area contributed by atoms with E-state index >= 15 is 0 Å². The molecule has 0 atom stereocenters. The first-order valence-electron chi connectivity index (χ1n) is 3.45. The molecule has 0 aromatic rings. The van der Waals surface area contributed by atoms with E-state index in [1.807, 2.05) is 0 Å². The minimum Gasteiger partial charge on any atom is -0.482 e. The van der Waals surface area contributed by atoms with Crippen LogP contribution in [0.4, 0.5) is 0 Å². The molecule has 1 radical (unpaired) electrons. The first-order valence-corrected chi connectivity index (χ1v) is 3.45. The summed E-state index contributed by atoms with van der Waals surface area (Å²) in [5, 5.41) is 0. The Balaban J connectivity index is -0.0000000450. The molecule has 0 heterocycles. The standard InChI is InChI=1S/3C2H7N2.Ni/c3*3-1-2-4;/h3*1H,2-4H2;/q3*-1;+3. The fraction of sp³-hybridized carbons (Fsp3) is 0.500. The zero-order valence-corrected chi connectivity index (χ0v) is 8.62. The molecular weight excluding hydrogens is 215 g/mol. The van der Waals surface area contributed by atoms with Crippen LogP contribution in [0.3, 0.4) is 0 Å². The predicted octanol–water partition coefficient (Wildman–Crippen LogP) is -2.81. The molecule has 0 spiro atoms. The van der Waals surface area contributed by atoms with Crippen molar-refractivity contribution in [2.45, 2.75) is 0 Å².